The van der Waals surface area contributed by atoms with Gasteiger partial charge in [0, 0.05) is 6.20 Å². The summed E-state index contributed by atoms with van der Waals surface area (Å²) in [7, 11) is 0. The molecule has 0 atom stereocenters. The monoisotopic (exact) mass is 283 g/mol. The summed E-state index contributed by atoms with van der Waals surface area (Å²) in [5.74, 6) is 5.12. The van der Waals surface area contributed by atoms with Crippen LogP contribution in [0.15, 0.2) is 36.5 Å². The first-order valence-electron chi connectivity index (χ1n) is 5.69. The molecule has 8 heteroatoms. The molecule has 0 aliphatic rings. The van der Waals surface area contributed by atoms with Crippen molar-refractivity contribution in [3.05, 3.63) is 47.8 Å². The Kier molecular flexibility index (Phi) is 4.04. The summed E-state index contributed by atoms with van der Waals surface area (Å²) in [4.78, 5) is 7.96. The van der Waals surface area contributed by atoms with Crippen LogP contribution in [-0.4, -0.2) is 9.97 Å². The average molecular weight is 283 g/mol. The molecule has 0 aliphatic carbocycles. The van der Waals surface area contributed by atoms with E-state index in [-0.39, 0.29) is 18.2 Å². The molecule has 0 saturated heterocycles. The third-order valence-corrected chi connectivity index (χ3v) is 2.48. The van der Waals surface area contributed by atoms with E-state index in [4.69, 9.17) is 5.84 Å². The van der Waals surface area contributed by atoms with Crippen molar-refractivity contribution in [2.24, 2.45) is 5.84 Å². The van der Waals surface area contributed by atoms with Crippen LogP contribution in [0.4, 0.5) is 24.8 Å². The normalized spacial score (nSPS) is 11.2. The molecule has 0 fully saturated rings. The molecule has 0 amide bonds. The van der Waals surface area contributed by atoms with Gasteiger partial charge < -0.3 is 10.7 Å². The fraction of sp³-hybridized carbons (Fsp3) is 0.167. The first-order chi connectivity index (χ1) is 9.49. The van der Waals surface area contributed by atoms with Crippen LogP contribution in [0, 0.1) is 0 Å². The molecule has 4 N–H and O–H groups in total. The highest BCUT2D eigenvalue weighted by Gasteiger charge is 2.31. The number of nitrogen functional groups attached to an aromatic ring is 1. The summed E-state index contributed by atoms with van der Waals surface area (Å²) in [6.07, 6.45) is -2.86. The van der Waals surface area contributed by atoms with Gasteiger partial charge in [-0.2, -0.15) is 13.2 Å². The zero-order valence-corrected chi connectivity index (χ0v) is 10.3. The third-order valence-electron chi connectivity index (χ3n) is 2.48. The number of rotatable bonds is 4. The molecule has 2 heterocycles. The van der Waals surface area contributed by atoms with Crippen LogP contribution >= 0.6 is 0 Å². The maximum Gasteiger partial charge on any atom is 0.416 e. The first-order valence-corrected chi connectivity index (χ1v) is 5.69. The summed E-state index contributed by atoms with van der Waals surface area (Å²) in [6.45, 7) is 0.263. The van der Waals surface area contributed by atoms with Crippen molar-refractivity contribution in [1.82, 2.24) is 9.97 Å². The molecular formula is C12H12F3N5. The first kappa shape index (κ1) is 14.1. The smallest absolute Gasteiger partial charge is 0.364 e. The van der Waals surface area contributed by atoms with Crippen LogP contribution in [0.1, 0.15) is 11.3 Å². The van der Waals surface area contributed by atoms with Gasteiger partial charge in [-0.1, -0.05) is 6.07 Å². The number of hydrogen-bond acceptors (Lipinski definition) is 5. The van der Waals surface area contributed by atoms with Crippen molar-refractivity contribution in [1.29, 1.82) is 0 Å². The molecule has 0 saturated carbocycles. The number of hydrogen-bond donors (Lipinski definition) is 3. The van der Waals surface area contributed by atoms with E-state index in [1.807, 2.05) is 0 Å². The second-order valence-corrected chi connectivity index (χ2v) is 3.94. The van der Waals surface area contributed by atoms with Crippen molar-refractivity contribution in [2.45, 2.75) is 12.7 Å². The number of halogens is 3. The van der Waals surface area contributed by atoms with Gasteiger partial charge in [-0.05, 0) is 24.3 Å². The molecule has 0 bridgehead atoms. The van der Waals surface area contributed by atoms with Crippen LogP contribution in [0.5, 0.6) is 0 Å². The summed E-state index contributed by atoms with van der Waals surface area (Å²) >= 11 is 0. The van der Waals surface area contributed by atoms with Crippen LogP contribution in [0.25, 0.3) is 0 Å². The quantitative estimate of drug-likeness (QED) is 0.593. The Labute approximate surface area is 113 Å². The molecule has 5 nitrogen and oxygen atoms in total. The van der Waals surface area contributed by atoms with E-state index in [1.165, 1.54) is 0 Å². The van der Waals surface area contributed by atoms with Gasteiger partial charge in [0.1, 0.15) is 11.6 Å². The van der Waals surface area contributed by atoms with Gasteiger partial charge in [-0.15, -0.1) is 0 Å². The van der Waals surface area contributed by atoms with E-state index in [0.717, 1.165) is 12.1 Å². The number of nitrogens with zero attached hydrogens (tertiary/aromatic N) is 2. The van der Waals surface area contributed by atoms with E-state index in [2.05, 4.69) is 20.7 Å². The summed E-state index contributed by atoms with van der Waals surface area (Å²) in [6, 6.07) is 7.05. The van der Waals surface area contributed by atoms with Gasteiger partial charge in [-0.3, -0.25) is 4.98 Å². The van der Waals surface area contributed by atoms with Gasteiger partial charge >= 0.3 is 6.18 Å². The molecule has 106 valence electrons. The van der Waals surface area contributed by atoms with Gasteiger partial charge in [0.25, 0.3) is 0 Å². The lowest BCUT2D eigenvalue weighted by molar-refractivity contribution is -0.137. The molecule has 0 aliphatic heterocycles. The van der Waals surface area contributed by atoms with Crippen molar-refractivity contribution in [2.75, 3.05) is 10.7 Å². The number of nitrogens with two attached hydrogens (primary N) is 1. The van der Waals surface area contributed by atoms with E-state index in [1.54, 1.807) is 24.4 Å². The number of aromatic nitrogens is 2. The van der Waals surface area contributed by atoms with Gasteiger partial charge in [0.15, 0.2) is 0 Å². The minimum absolute atomic E-state index is 0.0663. The van der Waals surface area contributed by atoms with Crippen LogP contribution < -0.4 is 16.6 Å². The predicted octanol–water partition coefficient (Wildman–Crippen LogP) is 2.39. The van der Waals surface area contributed by atoms with Crippen LogP contribution in [-0.2, 0) is 12.7 Å². The highest BCUT2D eigenvalue weighted by atomic mass is 19.4. The molecule has 0 aromatic carbocycles. The van der Waals surface area contributed by atoms with Gasteiger partial charge in [0.2, 0.25) is 0 Å². The highest BCUT2D eigenvalue weighted by Crippen LogP contribution is 2.31. The molecule has 2 aromatic rings. The van der Waals surface area contributed by atoms with Gasteiger partial charge in [0.05, 0.1) is 17.8 Å². The Bertz CT molecular complexity index is 571. The second-order valence-electron chi connectivity index (χ2n) is 3.94. The lowest BCUT2D eigenvalue weighted by Crippen LogP contribution is -2.14. The zero-order valence-electron chi connectivity index (χ0n) is 10.3. The molecule has 2 rings (SSSR count). The number of hydrazine groups is 1. The maximum absolute atomic E-state index is 12.7. The van der Waals surface area contributed by atoms with Crippen LogP contribution in [0.3, 0.4) is 0 Å². The number of anilines is 2. The Balaban J connectivity index is 2.19. The van der Waals surface area contributed by atoms with Gasteiger partial charge in [-0.25, -0.2) is 10.8 Å². The number of nitrogens with one attached hydrogen (secondary N) is 2. The highest BCUT2D eigenvalue weighted by molar-refractivity contribution is 5.49. The van der Waals surface area contributed by atoms with Crippen molar-refractivity contribution in [3.63, 3.8) is 0 Å². The van der Waals surface area contributed by atoms with E-state index in [9.17, 15) is 13.2 Å². The Morgan fingerprint density at radius 1 is 1.15 bits per heavy atom. The average Bonchev–Trinajstić information content (AvgIpc) is 2.45. The molecule has 0 unspecified atom stereocenters. The standard InChI is InChI=1S/C12H12F3N5/c13-12(14,15)8-5-10(19-11(6-8)20-16)18-7-9-3-1-2-4-17-9/h1-6H,7,16H2,(H2,18,19,20). The number of pyridine rings is 2. The Morgan fingerprint density at radius 2 is 1.90 bits per heavy atom. The van der Waals surface area contributed by atoms with Crippen molar-refractivity contribution in [3.8, 4) is 0 Å². The van der Waals surface area contributed by atoms with E-state index in [0.29, 0.717) is 5.69 Å². The second kappa shape index (κ2) is 5.74. The maximum atomic E-state index is 12.7. The Morgan fingerprint density at radius 3 is 2.50 bits per heavy atom. The van der Waals surface area contributed by atoms with E-state index >= 15 is 0 Å². The van der Waals surface area contributed by atoms with E-state index < -0.39 is 11.7 Å². The van der Waals surface area contributed by atoms with Crippen molar-refractivity contribution >= 4 is 11.6 Å². The van der Waals surface area contributed by atoms with Crippen LogP contribution in [0.2, 0.25) is 0 Å². The lowest BCUT2D eigenvalue weighted by atomic mass is 10.2. The fourth-order valence-corrected chi connectivity index (χ4v) is 1.54. The minimum Gasteiger partial charge on any atom is -0.364 e. The number of alkyl halides is 3. The molecule has 2 aromatic heterocycles. The Hall–Kier alpha value is -2.35. The summed E-state index contributed by atoms with van der Waals surface area (Å²) in [5, 5.41) is 2.78. The minimum atomic E-state index is -4.46. The summed E-state index contributed by atoms with van der Waals surface area (Å²) < 4.78 is 38.1. The molecule has 0 spiro atoms. The lowest BCUT2D eigenvalue weighted by Gasteiger charge is -2.12. The largest absolute Gasteiger partial charge is 0.416 e. The third kappa shape index (κ3) is 3.58. The SMILES string of the molecule is NNc1cc(C(F)(F)F)cc(NCc2ccccn2)n1. The molecule has 0 radical (unpaired) electrons. The molecule has 20 heavy (non-hydrogen) atoms. The van der Waals surface area contributed by atoms with Crippen molar-refractivity contribution < 1.29 is 13.2 Å². The topological polar surface area (TPSA) is 75.9 Å². The molecular weight excluding hydrogens is 271 g/mol. The summed E-state index contributed by atoms with van der Waals surface area (Å²) in [5.41, 5.74) is 1.97. The zero-order chi connectivity index (χ0) is 14.6. The predicted molar refractivity (Wildman–Crippen MR) is 68.6 cm³/mol. The fourth-order valence-electron chi connectivity index (χ4n) is 1.54.